The number of halogens is 3. The first-order chi connectivity index (χ1) is 11.0. The van der Waals surface area contributed by atoms with Crippen LogP contribution in [-0.2, 0) is 9.53 Å². The minimum absolute atomic E-state index is 0. The van der Waals surface area contributed by atoms with Crippen molar-refractivity contribution in [3.05, 3.63) is 33.8 Å². The number of rotatable bonds is 6. The van der Waals surface area contributed by atoms with Crippen molar-refractivity contribution in [2.45, 2.75) is 51.4 Å². The third kappa shape index (κ3) is 4.99. The van der Waals surface area contributed by atoms with Crippen molar-refractivity contribution in [2.75, 3.05) is 13.1 Å². The fourth-order valence-electron chi connectivity index (χ4n) is 2.93. The van der Waals surface area contributed by atoms with Crippen molar-refractivity contribution in [1.82, 2.24) is 4.90 Å². The number of benzene rings is 1. The SMILES string of the molecule is CCCN(C(=O)[C@@H]1CC[C@H](CN)O1)C(C)c1ccc(Cl)c(Cl)c1.Cl. The Hall–Kier alpha value is -0.520. The first kappa shape index (κ1) is 21.5. The van der Waals surface area contributed by atoms with Gasteiger partial charge in [0, 0.05) is 13.1 Å². The van der Waals surface area contributed by atoms with E-state index in [0.717, 1.165) is 24.8 Å². The number of carbonyl (C=O) groups excluding carboxylic acids is 1. The van der Waals surface area contributed by atoms with E-state index in [1.165, 1.54) is 0 Å². The molecular formula is C17H25Cl3N2O2. The topological polar surface area (TPSA) is 55.6 Å². The van der Waals surface area contributed by atoms with Gasteiger partial charge in [-0.2, -0.15) is 0 Å². The molecule has 4 nitrogen and oxygen atoms in total. The summed E-state index contributed by atoms with van der Waals surface area (Å²) in [4.78, 5) is 14.7. The average Bonchev–Trinajstić information content (AvgIpc) is 3.03. The van der Waals surface area contributed by atoms with Gasteiger partial charge in [0.2, 0.25) is 0 Å². The second-order valence-corrected chi connectivity index (χ2v) is 6.76. The predicted octanol–water partition coefficient (Wildman–Crippen LogP) is 4.22. The molecule has 0 radical (unpaired) electrons. The summed E-state index contributed by atoms with van der Waals surface area (Å²) >= 11 is 12.1. The van der Waals surface area contributed by atoms with Crippen molar-refractivity contribution in [1.29, 1.82) is 0 Å². The maximum Gasteiger partial charge on any atom is 0.252 e. The molecule has 2 rings (SSSR count). The Morgan fingerprint density at radius 2 is 2.08 bits per heavy atom. The molecule has 1 fully saturated rings. The molecule has 2 N–H and O–H groups in total. The van der Waals surface area contributed by atoms with Crippen molar-refractivity contribution in [3.8, 4) is 0 Å². The number of ether oxygens (including phenoxy) is 1. The zero-order valence-corrected chi connectivity index (χ0v) is 16.3. The van der Waals surface area contributed by atoms with Crippen LogP contribution in [0, 0.1) is 0 Å². The maximum absolute atomic E-state index is 12.9. The van der Waals surface area contributed by atoms with Gasteiger partial charge in [0.05, 0.1) is 22.2 Å². The summed E-state index contributed by atoms with van der Waals surface area (Å²) in [7, 11) is 0. The summed E-state index contributed by atoms with van der Waals surface area (Å²) in [6.07, 6.45) is 2.06. The van der Waals surface area contributed by atoms with Gasteiger partial charge in [-0.05, 0) is 43.9 Å². The minimum Gasteiger partial charge on any atom is -0.364 e. The van der Waals surface area contributed by atoms with Gasteiger partial charge in [-0.25, -0.2) is 0 Å². The highest BCUT2D eigenvalue weighted by molar-refractivity contribution is 6.42. The van der Waals surface area contributed by atoms with Gasteiger partial charge in [0.25, 0.3) is 5.91 Å². The van der Waals surface area contributed by atoms with Crippen molar-refractivity contribution >= 4 is 41.5 Å². The lowest BCUT2D eigenvalue weighted by Gasteiger charge is -2.31. The molecule has 1 unspecified atom stereocenters. The molecule has 136 valence electrons. The third-order valence-electron chi connectivity index (χ3n) is 4.29. The first-order valence-corrected chi connectivity index (χ1v) is 8.84. The van der Waals surface area contributed by atoms with Crippen LogP contribution < -0.4 is 5.73 Å². The Kier molecular flexibility index (Phi) is 8.82. The van der Waals surface area contributed by atoms with Gasteiger partial charge in [-0.1, -0.05) is 36.2 Å². The molecule has 1 aromatic carbocycles. The second-order valence-electron chi connectivity index (χ2n) is 5.94. The van der Waals surface area contributed by atoms with Gasteiger partial charge < -0.3 is 15.4 Å². The summed E-state index contributed by atoms with van der Waals surface area (Å²) in [6.45, 7) is 5.19. The van der Waals surface area contributed by atoms with Crippen LogP contribution in [0.1, 0.15) is 44.7 Å². The van der Waals surface area contributed by atoms with Crippen LogP contribution in [0.3, 0.4) is 0 Å². The number of nitrogens with two attached hydrogens (primary N) is 1. The Bertz CT molecular complexity index is 557. The molecule has 0 aliphatic carbocycles. The molecule has 1 aromatic rings. The molecule has 0 saturated carbocycles. The van der Waals surface area contributed by atoms with Crippen LogP contribution in [0.4, 0.5) is 0 Å². The fourth-order valence-corrected chi connectivity index (χ4v) is 3.24. The molecule has 1 amide bonds. The van der Waals surface area contributed by atoms with Gasteiger partial charge in [0.1, 0.15) is 6.10 Å². The van der Waals surface area contributed by atoms with Crippen LogP contribution in [-0.4, -0.2) is 36.1 Å². The Morgan fingerprint density at radius 1 is 1.38 bits per heavy atom. The third-order valence-corrected chi connectivity index (χ3v) is 5.03. The summed E-state index contributed by atoms with van der Waals surface area (Å²) < 4.78 is 5.77. The molecule has 1 heterocycles. The molecule has 1 aliphatic heterocycles. The number of hydrogen-bond donors (Lipinski definition) is 1. The highest BCUT2D eigenvalue weighted by Gasteiger charge is 2.34. The van der Waals surface area contributed by atoms with E-state index in [-0.39, 0.29) is 36.6 Å². The summed E-state index contributed by atoms with van der Waals surface area (Å²) in [5, 5.41) is 1.01. The van der Waals surface area contributed by atoms with E-state index in [2.05, 4.69) is 6.92 Å². The molecule has 3 atom stereocenters. The molecule has 0 aromatic heterocycles. The van der Waals surface area contributed by atoms with Crippen LogP contribution >= 0.6 is 35.6 Å². The van der Waals surface area contributed by atoms with Crippen LogP contribution in [0.25, 0.3) is 0 Å². The zero-order valence-electron chi connectivity index (χ0n) is 14.0. The molecule has 0 spiro atoms. The van der Waals surface area contributed by atoms with E-state index in [1.54, 1.807) is 6.07 Å². The smallest absolute Gasteiger partial charge is 0.252 e. The van der Waals surface area contributed by atoms with Crippen LogP contribution in [0.5, 0.6) is 0 Å². The van der Waals surface area contributed by atoms with Crippen molar-refractivity contribution in [3.63, 3.8) is 0 Å². The minimum atomic E-state index is -0.389. The molecule has 1 saturated heterocycles. The van der Waals surface area contributed by atoms with E-state index in [9.17, 15) is 4.79 Å². The van der Waals surface area contributed by atoms with Gasteiger partial charge in [-0.3, -0.25) is 4.79 Å². The zero-order chi connectivity index (χ0) is 17.0. The molecule has 7 heteroatoms. The van der Waals surface area contributed by atoms with E-state index in [0.29, 0.717) is 23.1 Å². The lowest BCUT2D eigenvalue weighted by molar-refractivity contribution is -0.145. The Morgan fingerprint density at radius 3 is 2.62 bits per heavy atom. The van der Waals surface area contributed by atoms with E-state index in [1.807, 2.05) is 24.0 Å². The predicted molar refractivity (Wildman–Crippen MR) is 101 cm³/mol. The maximum atomic E-state index is 12.9. The Labute approximate surface area is 160 Å². The normalized spacial score (nSPS) is 21.2. The lowest BCUT2D eigenvalue weighted by atomic mass is 10.1. The highest BCUT2D eigenvalue weighted by atomic mass is 35.5. The number of amides is 1. The van der Waals surface area contributed by atoms with E-state index < -0.39 is 0 Å². The monoisotopic (exact) mass is 394 g/mol. The van der Waals surface area contributed by atoms with E-state index >= 15 is 0 Å². The molecular weight excluding hydrogens is 371 g/mol. The quantitative estimate of drug-likeness (QED) is 0.784. The van der Waals surface area contributed by atoms with Crippen molar-refractivity contribution < 1.29 is 9.53 Å². The number of hydrogen-bond acceptors (Lipinski definition) is 3. The summed E-state index contributed by atoms with van der Waals surface area (Å²) in [5.41, 5.74) is 6.60. The number of carbonyl (C=O) groups is 1. The van der Waals surface area contributed by atoms with Crippen molar-refractivity contribution in [2.24, 2.45) is 5.73 Å². The molecule has 24 heavy (non-hydrogen) atoms. The fraction of sp³-hybridized carbons (Fsp3) is 0.588. The van der Waals surface area contributed by atoms with Gasteiger partial charge in [0.15, 0.2) is 0 Å². The molecule has 1 aliphatic rings. The largest absolute Gasteiger partial charge is 0.364 e. The lowest BCUT2D eigenvalue weighted by Crippen LogP contribution is -2.41. The standard InChI is InChI=1S/C17H24Cl2N2O2.ClH/c1-3-8-21(17(22)16-7-5-13(10-20)23-16)11(2)12-4-6-14(18)15(19)9-12;/h4,6,9,11,13,16H,3,5,7-8,10,20H2,1-2H3;1H/t11?,13-,16+;/m1./s1. The van der Waals surface area contributed by atoms with E-state index in [4.69, 9.17) is 33.7 Å². The van der Waals surface area contributed by atoms with Crippen LogP contribution in [0.2, 0.25) is 10.0 Å². The Balaban J connectivity index is 0.00000288. The second kappa shape index (κ2) is 9.83. The summed E-state index contributed by atoms with van der Waals surface area (Å²) in [6, 6.07) is 5.41. The highest BCUT2D eigenvalue weighted by Crippen LogP contribution is 2.30. The van der Waals surface area contributed by atoms with Crippen LogP contribution in [0.15, 0.2) is 18.2 Å². The number of nitrogens with zero attached hydrogens (tertiary/aromatic N) is 1. The molecule has 0 bridgehead atoms. The summed E-state index contributed by atoms with van der Waals surface area (Å²) in [5.74, 6) is 0.0290. The first-order valence-electron chi connectivity index (χ1n) is 8.08. The average molecular weight is 396 g/mol. The van der Waals surface area contributed by atoms with Gasteiger partial charge >= 0.3 is 0 Å². The van der Waals surface area contributed by atoms with Gasteiger partial charge in [-0.15, -0.1) is 12.4 Å².